The number of methoxy groups -OCH3 is 1. The predicted molar refractivity (Wildman–Crippen MR) is 107 cm³/mol. The number of aromatic carboxylic acids is 1. The maximum atomic E-state index is 12.3. The molecule has 0 saturated carbocycles. The summed E-state index contributed by atoms with van der Waals surface area (Å²) in [7, 11) is 1.64. The lowest BCUT2D eigenvalue weighted by Crippen LogP contribution is -2.44. The van der Waals surface area contributed by atoms with Gasteiger partial charge in [0.15, 0.2) is 5.43 Å². The SMILES string of the molecule is COCCCOc1cc2c(cc1Cl)-c1cc(=O)c(C(=O)O)cn1N(C(C)C)C2. The summed E-state index contributed by atoms with van der Waals surface area (Å²) in [6, 6.07) is 5.09. The topological polar surface area (TPSA) is 81.0 Å². The van der Waals surface area contributed by atoms with Crippen molar-refractivity contribution in [1.82, 2.24) is 4.68 Å². The monoisotopic (exact) mass is 406 g/mol. The number of nitrogens with zero attached hydrogens (tertiary/aromatic N) is 2. The van der Waals surface area contributed by atoms with Crippen molar-refractivity contribution in [3.05, 3.63) is 50.8 Å². The summed E-state index contributed by atoms with van der Waals surface area (Å²) in [6.45, 7) is 5.63. The molecule has 1 N–H and O–H groups in total. The average Bonchev–Trinajstić information content (AvgIpc) is 2.64. The zero-order valence-corrected chi connectivity index (χ0v) is 16.8. The lowest BCUT2D eigenvalue weighted by Gasteiger charge is -2.38. The number of carboxylic acids is 1. The second-order valence-corrected chi connectivity index (χ2v) is 7.32. The maximum Gasteiger partial charge on any atom is 0.341 e. The zero-order chi connectivity index (χ0) is 20.4. The minimum absolute atomic E-state index is 0.0813. The van der Waals surface area contributed by atoms with E-state index < -0.39 is 11.4 Å². The molecule has 1 aliphatic rings. The van der Waals surface area contributed by atoms with Gasteiger partial charge in [-0.25, -0.2) is 4.79 Å². The zero-order valence-electron chi connectivity index (χ0n) is 16.1. The van der Waals surface area contributed by atoms with E-state index in [-0.39, 0.29) is 11.6 Å². The van der Waals surface area contributed by atoms with Gasteiger partial charge in [0.2, 0.25) is 0 Å². The van der Waals surface area contributed by atoms with Crippen molar-refractivity contribution in [1.29, 1.82) is 0 Å². The second kappa shape index (κ2) is 8.24. The molecule has 0 aliphatic carbocycles. The number of carbonyl (C=O) groups is 1. The first-order valence-corrected chi connectivity index (χ1v) is 9.42. The van der Waals surface area contributed by atoms with Crippen LogP contribution in [0.25, 0.3) is 11.3 Å². The lowest BCUT2D eigenvalue weighted by molar-refractivity contribution is 0.0694. The van der Waals surface area contributed by atoms with E-state index in [4.69, 9.17) is 21.1 Å². The van der Waals surface area contributed by atoms with Gasteiger partial charge < -0.3 is 19.6 Å². The van der Waals surface area contributed by atoms with Crippen molar-refractivity contribution in [3.8, 4) is 17.0 Å². The maximum absolute atomic E-state index is 12.3. The summed E-state index contributed by atoms with van der Waals surface area (Å²) < 4.78 is 12.5. The highest BCUT2D eigenvalue weighted by molar-refractivity contribution is 6.32. The Labute approximate surface area is 168 Å². The Morgan fingerprint density at radius 2 is 2.04 bits per heavy atom. The molecule has 0 atom stereocenters. The number of ether oxygens (including phenoxy) is 2. The molecule has 1 aromatic carbocycles. The van der Waals surface area contributed by atoms with E-state index >= 15 is 0 Å². The summed E-state index contributed by atoms with van der Waals surface area (Å²) in [5.74, 6) is -0.661. The van der Waals surface area contributed by atoms with Crippen molar-refractivity contribution in [2.24, 2.45) is 0 Å². The van der Waals surface area contributed by atoms with Crippen LogP contribution in [0.15, 0.2) is 29.2 Å². The van der Waals surface area contributed by atoms with E-state index in [0.29, 0.717) is 36.2 Å². The largest absolute Gasteiger partial charge is 0.492 e. The van der Waals surface area contributed by atoms with Gasteiger partial charge in [0, 0.05) is 44.0 Å². The van der Waals surface area contributed by atoms with E-state index in [2.05, 4.69) is 0 Å². The van der Waals surface area contributed by atoms with E-state index in [1.165, 1.54) is 12.3 Å². The number of hydrogen-bond donors (Lipinski definition) is 1. The summed E-state index contributed by atoms with van der Waals surface area (Å²) in [5.41, 5.74) is 1.56. The third-order valence-corrected chi connectivity index (χ3v) is 4.95. The fourth-order valence-electron chi connectivity index (χ4n) is 3.24. The van der Waals surface area contributed by atoms with E-state index in [9.17, 15) is 14.7 Å². The summed E-state index contributed by atoms with van der Waals surface area (Å²) in [6.07, 6.45) is 2.13. The lowest BCUT2D eigenvalue weighted by atomic mass is 9.99. The molecule has 0 spiro atoms. The first kappa shape index (κ1) is 20.2. The predicted octanol–water partition coefficient (Wildman–Crippen LogP) is 3.14. The molecule has 0 radical (unpaired) electrons. The Bertz CT molecular complexity index is 954. The highest BCUT2D eigenvalue weighted by Crippen LogP contribution is 2.37. The number of fused-ring (bicyclic) bond motifs is 3. The molecule has 3 rings (SSSR count). The van der Waals surface area contributed by atoms with Gasteiger partial charge in [-0.1, -0.05) is 11.6 Å². The van der Waals surface area contributed by atoms with Crippen LogP contribution >= 0.6 is 11.6 Å². The Morgan fingerprint density at radius 3 is 2.68 bits per heavy atom. The Morgan fingerprint density at radius 1 is 1.29 bits per heavy atom. The van der Waals surface area contributed by atoms with Gasteiger partial charge in [-0.2, -0.15) is 0 Å². The minimum Gasteiger partial charge on any atom is -0.492 e. The van der Waals surface area contributed by atoms with Crippen LogP contribution in [0.1, 0.15) is 36.2 Å². The third-order valence-electron chi connectivity index (χ3n) is 4.65. The second-order valence-electron chi connectivity index (χ2n) is 6.91. The van der Waals surface area contributed by atoms with Gasteiger partial charge in [0.1, 0.15) is 11.3 Å². The molecule has 150 valence electrons. The van der Waals surface area contributed by atoms with Crippen LogP contribution in [0.4, 0.5) is 0 Å². The fourth-order valence-corrected chi connectivity index (χ4v) is 3.46. The van der Waals surface area contributed by atoms with E-state index in [1.807, 2.05) is 24.9 Å². The minimum atomic E-state index is -1.24. The number of pyridine rings is 1. The van der Waals surface area contributed by atoms with Crippen LogP contribution < -0.4 is 15.2 Å². The first-order valence-electron chi connectivity index (χ1n) is 9.05. The number of hydrogen-bond acceptors (Lipinski definition) is 5. The number of carboxylic acid groups (broad SMARTS) is 1. The van der Waals surface area contributed by atoms with Crippen LogP contribution in [-0.2, 0) is 11.3 Å². The molecule has 1 aliphatic heterocycles. The number of aromatic nitrogens is 1. The van der Waals surface area contributed by atoms with Gasteiger partial charge in [0.25, 0.3) is 0 Å². The molecule has 0 saturated heterocycles. The molecule has 7 nitrogen and oxygen atoms in total. The van der Waals surface area contributed by atoms with E-state index in [1.54, 1.807) is 17.9 Å². The molecule has 28 heavy (non-hydrogen) atoms. The summed E-state index contributed by atoms with van der Waals surface area (Å²) in [5, 5.41) is 11.7. The average molecular weight is 407 g/mol. The quantitative estimate of drug-likeness (QED) is 0.711. The van der Waals surface area contributed by atoms with Crippen molar-refractivity contribution in [2.45, 2.75) is 32.9 Å². The third kappa shape index (κ3) is 3.86. The van der Waals surface area contributed by atoms with Gasteiger partial charge in [-0.05, 0) is 31.5 Å². The normalized spacial score (nSPS) is 12.7. The Kier molecular flexibility index (Phi) is 5.96. The van der Waals surface area contributed by atoms with Gasteiger partial charge in [-0.15, -0.1) is 0 Å². The van der Waals surface area contributed by atoms with Crippen molar-refractivity contribution >= 4 is 17.6 Å². The first-order chi connectivity index (χ1) is 13.3. The molecule has 0 fully saturated rings. The fraction of sp³-hybridized carbons (Fsp3) is 0.400. The smallest absolute Gasteiger partial charge is 0.341 e. The highest BCUT2D eigenvalue weighted by atomic mass is 35.5. The molecule has 0 bridgehead atoms. The van der Waals surface area contributed by atoms with Crippen LogP contribution in [0.5, 0.6) is 5.75 Å². The van der Waals surface area contributed by atoms with Gasteiger partial charge in [-0.3, -0.25) is 9.47 Å². The molecular weight excluding hydrogens is 384 g/mol. The number of rotatable bonds is 7. The molecule has 0 amide bonds. The van der Waals surface area contributed by atoms with Crippen molar-refractivity contribution in [3.63, 3.8) is 0 Å². The van der Waals surface area contributed by atoms with Crippen LogP contribution in [-0.4, -0.2) is 42.1 Å². The van der Waals surface area contributed by atoms with Crippen molar-refractivity contribution < 1.29 is 19.4 Å². The molecule has 2 heterocycles. The molecule has 8 heteroatoms. The Balaban J connectivity index is 2.07. The summed E-state index contributed by atoms with van der Waals surface area (Å²) in [4.78, 5) is 23.7. The van der Waals surface area contributed by atoms with Crippen LogP contribution in [0, 0.1) is 0 Å². The number of halogens is 1. The molecular formula is C20H23ClN2O5. The Hall–Kier alpha value is -2.51. The molecule has 0 unspecified atom stereocenters. The standard InChI is InChI=1S/C20H23ClN2O5/c1-12(2)22-10-13-7-19(28-6-4-5-27-3)16(21)8-14(13)17-9-18(24)15(20(25)26)11-23(17)22/h7-9,11-12H,4-6,10H2,1-3H3,(H,25,26). The van der Waals surface area contributed by atoms with Gasteiger partial charge in [0.05, 0.1) is 23.9 Å². The number of benzene rings is 1. The van der Waals surface area contributed by atoms with Crippen LogP contribution in [0.3, 0.4) is 0 Å². The molecule has 2 aromatic rings. The van der Waals surface area contributed by atoms with Crippen molar-refractivity contribution in [2.75, 3.05) is 25.3 Å². The highest BCUT2D eigenvalue weighted by Gasteiger charge is 2.26. The summed E-state index contributed by atoms with van der Waals surface area (Å²) >= 11 is 6.41. The van der Waals surface area contributed by atoms with Gasteiger partial charge >= 0.3 is 5.97 Å². The van der Waals surface area contributed by atoms with E-state index in [0.717, 1.165) is 17.5 Å². The molecule has 1 aromatic heterocycles. The van der Waals surface area contributed by atoms with Crippen LogP contribution in [0.2, 0.25) is 5.02 Å².